The molecule has 2 aromatic carbocycles. The van der Waals surface area contributed by atoms with E-state index in [9.17, 15) is 4.79 Å². The van der Waals surface area contributed by atoms with Crippen LogP contribution in [0.2, 0.25) is 0 Å². The molecule has 5 rings (SSSR count). The van der Waals surface area contributed by atoms with Crippen LogP contribution in [0.1, 0.15) is 29.0 Å². The summed E-state index contributed by atoms with van der Waals surface area (Å²) in [5.74, 6) is 1.85. The number of rotatable bonds is 3. The minimum absolute atomic E-state index is 0.0720. The number of imidazole rings is 1. The van der Waals surface area contributed by atoms with Crippen molar-refractivity contribution in [1.29, 1.82) is 0 Å². The van der Waals surface area contributed by atoms with Crippen molar-refractivity contribution in [3.8, 4) is 5.75 Å². The van der Waals surface area contributed by atoms with Crippen molar-refractivity contribution < 1.29 is 9.53 Å². The van der Waals surface area contributed by atoms with Crippen molar-refractivity contribution in [3.05, 3.63) is 60.0 Å². The third-order valence-corrected chi connectivity index (χ3v) is 5.76. The topological polar surface area (TPSA) is 63.2 Å². The molecule has 1 fully saturated rings. The van der Waals surface area contributed by atoms with Crippen molar-refractivity contribution in [3.63, 3.8) is 0 Å². The Morgan fingerprint density at radius 1 is 1.17 bits per heavy atom. The van der Waals surface area contributed by atoms with E-state index in [-0.39, 0.29) is 12.0 Å². The van der Waals surface area contributed by atoms with Gasteiger partial charge in [-0.1, -0.05) is 6.07 Å². The zero-order valence-electron chi connectivity index (χ0n) is 16.7. The Balaban J connectivity index is 1.26. The molecule has 1 saturated heterocycles. The number of nitrogens with zero attached hydrogens (tertiary/aromatic N) is 3. The second kappa shape index (κ2) is 6.95. The summed E-state index contributed by atoms with van der Waals surface area (Å²) in [6.07, 6.45) is 3.85. The summed E-state index contributed by atoms with van der Waals surface area (Å²) in [5.41, 5.74) is 3.66. The Morgan fingerprint density at radius 3 is 2.83 bits per heavy atom. The highest BCUT2D eigenvalue weighted by atomic mass is 16.5. The molecule has 1 N–H and O–H groups in total. The van der Waals surface area contributed by atoms with Crippen LogP contribution >= 0.6 is 0 Å². The van der Waals surface area contributed by atoms with Gasteiger partial charge in [0.2, 0.25) is 0 Å². The first-order valence-corrected chi connectivity index (χ1v) is 10.0. The number of piperidine rings is 1. The van der Waals surface area contributed by atoms with E-state index in [1.54, 1.807) is 0 Å². The van der Waals surface area contributed by atoms with Crippen LogP contribution in [0.5, 0.6) is 5.75 Å². The van der Waals surface area contributed by atoms with Gasteiger partial charge in [0.15, 0.2) is 0 Å². The van der Waals surface area contributed by atoms with Crippen LogP contribution in [0.25, 0.3) is 21.9 Å². The molecule has 148 valence electrons. The van der Waals surface area contributed by atoms with Crippen LogP contribution in [-0.2, 0) is 7.05 Å². The van der Waals surface area contributed by atoms with Gasteiger partial charge >= 0.3 is 0 Å². The molecule has 1 amide bonds. The van der Waals surface area contributed by atoms with Crippen LogP contribution < -0.4 is 4.74 Å². The van der Waals surface area contributed by atoms with Gasteiger partial charge in [-0.25, -0.2) is 4.98 Å². The molecular weight excluding hydrogens is 364 g/mol. The van der Waals surface area contributed by atoms with Gasteiger partial charge in [0.05, 0.1) is 16.6 Å². The fraction of sp³-hybridized carbons (Fsp3) is 0.304. The fourth-order valence-electron chi connectivity index (χ4n) is 4.19. The third-order valence-electron chi connectivity index (χ3n) is 5.76. The van der Waals surface area contributed by atoms with Crippen LogP contribution in [0.15, 0.2) is 48.7 Å². The highest BCUT2D eigenvalue weighted by Gasteiger charge is 2.25. The van der Waals surface area contributed by atoms with E-state index in [4.69, 9.17) is 4.74 Å². The normalized spacial score (nSPS) is 15.3. The number of carbonyl (C=O) groups excluding carboxylic acids is 1. The summed E-state index contributed by atoms with van der Waals surface area (Å²) in [6.45, 7) is 3.32. The van der Waals surface area contributed by atoms with Crippen LogP contribution in [0.3, 0.4) is 0 Å². The number of H-pyrrole nitrogens is 1. The first-order chi connectivity index (χ1) is 14.1. The van der Waals surface area contributed by atoms with Crippen molar-refractivity contribution in [2.45, 2.75) is 25.9 Å². The molecule has 29 heavy (non-hydrogen) atoms. The first kappa shape index (κ1) is 17.8. The molecule has 0 atom stereocenters. The average molecular weight is 388 g/mol. The molecule has 0 radical (unpaired) electrons. The Labute approximate surface area is 169 Å². The fourth-order valence-corrected chi connectivity index (χ4v) is 4.19. The lowest BCUT2D eigenvalue weighted by atomic mass is 10.1. The molecule has 3 heterocycles. The highest BCUT2D eigenvalue weighted by molar-refractivity contribution is 5.97. The Morgan fingerprint density at radius 2 is 2.00 bits per heavy atom. The summed E-state index contributed by atoms with van der Waals surface area (Å²) < 4.78 is 8.41. The van der Waals surface area contributed by atoms with Crippen molar-refractivity contribution >= 4 is 27.8 Å². The van der Waals surface area contributed by atoms with Crippen LogP contribution in [0, 0.1) is 6.92 Å². The number of aryl methyl sites for hydroxylation is 2. The zero-order valence-corrected chi connectivity index (χ0v) is 16.7. The minimum atomic E-state index is 0.0720. The monoisotopic (exact) mass is 388 g/mol. The SMILES string of the molecule is Cc1nc2ccc(C(=O)N3CCC(Oc4cccc5c4ccn5C)CC3)cc2[nH]1. The quantitative estimate of drug-likeness (QED) is 0.576. The lowest BCUT2D eigenvalue weighted by Gasteiger charge is -2.32. The Bertz CT molecular complexity index is 1200. The minimum Gasteiger partial charge on any atom is -0.490 e. The van der Waals surface area contributed by atoms with Gasteiger partial charge in [0.1, 0.15) is 17.7 Å². The van der Waals surface area contributed by atoms with Gasteiger partial charge in [-0.05, 0) is 43.3 Å². The number of hydrogen-bond donors (Lipinski definition) is 1. The number of ether oxygens (including phenoxy) is 1. The molecule has 6 nitrogen and oxygen atoms in total. The van der Waals surface area contributed by atoms with Gasteiger partial charge in [-0.3, -0.25) is 4.79 Å². The number of fused-ring (bicyclic) bond motifs is 2. The van der Waals surface area contributed by atoms with E-state index in [0.717, 1.165) is 40.8 Å². The molecule has 2 aromatic heterocycles. The van der Waals surface area contributed by atoms with Crippen LogP contribution in [0.4, 0.5) is 0 Å². The maximum atomic E-state index is 12.9. The smallest absolute Gasteiger partial charge is 0.253 e. The van der Waals surface area contributed by atoms with Crippen molar-refractivity contribution in [2.24, 2.45) is 7.05 Å². The second-order valence-electron chi connectivity index (χ2n) is 7.78. The summed E-state index contributed by atoms with van der Waals surface area (Å²) in [6, 6.07) is 13.9. The maximum absolute atomic E-state index is 12.9. The van der Waals surface area contributed by atoms with E-state index in [1.807, 2.05) is 49.2 Å². The van der Waals surface area contributed by atoms with E-state index >= 15 is 0 Å². The predicted molar refractivity (Wildman–Crippen MR) is 113 cm³/mol. The standard InChI is InChI=1S/C23H24N4O2/c1-15-24-19-7-6-16(14-20(19)25-15)23(28)27-12-8-17(9-13-27)29-22-5-3-4-21-18(22)10-11-26(21)2/h3-7,10-11,14,17H,8-9,12-13H2,1-2H3,(H,24,25). The summed E-state index contributed by atoms with van der Waals surface area (Å²) in [5, 5.41) is 1.14. The summed E-state index contributed by atoms with van der Waals surface area (Å²) in [4.78, 5) is 22.5. The van der Waals surface area contributed by atoms with E-state index in [2.05, 4.69) is 32.9 Å². The van der Waals surface area contributed by atoms with Gasteiger partial charge in [0.25, 0.3) is 5.91 Å². The number of aromatic nitrogens is 3. The lowest BCUT2D eigenvalue weighted by molar-refractivity contribution is 0.0598. The predicted octanol–water partition coefficient (Wildman–Crippen LogP) is 4.05. The number of likely N-dealkylation sites (tertiary alicyclic amines) is 1. The molecule has 0 saturated carbocycles. The molecule has 4 aromatic rings. The average Bonchev–Trinajstić information content (AvgIpc) is 3.30. The number of carbonyl (C=O) groups is 1. The first-order valence-electron chi connectivity index (χ1n) is 10.0. The number of amides is 1. The molecule has 1 aliphatic heterocycles. The van der Waals surface area contributed by atoms with Gasteiger partial charge in [0, 0.05) is 50.1 Å². The third kappa shape index (κ3) is 3.24. The molecule has 0 unspecified atom stereocenters. The zero-order chi connectivity index (χ0) is 20.0. The Hall–Kier alpha value is -3.28. The maximum Gasteiger partial charge on any atom is 0.253 e. The molecule has 0 spiro atoms. The molecular formula is C23H24N4O2. The number of benzene rings is 2. The largest absolute Gasteiger partial charge is 0.490 e. The molecule has 0 aliphatic carbocycles. The van der Waals surface area contributed by atoms with E-state index in [0.29, 0.717) is 18.7 Å². The molecule has 1 aliphatic rings. The number of hydrogen-bond acceptors (Lipinski definition) is 3. The molecule has 0 bridgehead atoms. The van der Waals surface area contributed by atoms with E-state index < -0.39 is 0 Å². The second-order valence-corrected chi connectivity index (χ2v) is 7.78. The number of nitrogens with one attached hydrogen (secondary N) is 1. The van der Waals surface area contributed by atoms with Crippen molar-refractivity contribution in [1.82, 2.24) is 19.4 Å². The van der Waals surface area contributed by atoms with Gasteiger partial charge in [-0.15, -0.1) is 0 Å². The van der Waals surface area contributed by atoms with Crippen LogP contribution in [-0.4, -0.2) is 44.5 Å². The Kier molecular flexibility index (Phi) is 4.27. The van der Waals surface area contributed by atoms with E-state index in [1.165, 1.54) is 5.52 Å². The highest BCUT2D eigenvalue weighted by Crippen LogP contribution is 2.29. The van der Waals surface area contributed by atoms with Gasteiger partial charge in [-0.2, -0.15) is 0 Å². The number of aromatic amines is 1. The van der Waals surface area contributed by atoms with Gasteiger partial charge < -0.3 is 19.2 Å². The lowest BCUT2D eigenvalue weighted by Crippen LogP contribution is -2.41. The summed E-state index contributed by atoms with van der Waals surface area (Å²) >= 11 is 0. The summed E-state index contributed by atoms with van der Waals surface area (Å²) in [7, 11) is 2.04. The molecule has 6 heteroatoms. The van der Waals surface area contributed by atoms with Crippen molar-refractivity contribution in [2.75, 3.05) is 13.1 Å².